The third kappa shape index (κ3) is 5.02. The van der Waals surface area contributed by atoms with E-state index < -0.39 is 18.2 Å². The molecule has 0 heterocycles. The lowest BCUT2D eigenvalue weighted by atomic mass is 9.83. The molecular formula is C14H20F3NO2. The maximum absolute atomic E-state index is 12.3. The highest BCUT2D eigenvalue weighted by atomic mass is 19.4. The van der Waals surface area contributed by atoms with Gasteiger partial charge in [-0.3, -0.25) is 0 Å². The first kappa shape index (κ1) is 16.8. The van der Waals surface area contributed by atoms with Gasteiger partial charge in [0, 0.05) is 11.6 Å². The normalized spacial score (nSPS) is 15.8. The smallest absolute Gasteiger partial charge is 0.405 e. The number of alkyl halides is 3. The fourth-order valence-corrected chi connectivity index (χ4v) is 1.69. The molecule has 3 N–H and O–H groups in total. The summed E-state index contributed by atoms with van der Waals surface area (Å²) in [5.74, 6) is -0.395. The molecule has 0 unspecified atom stereocenters. The van der Waals surface area contributed by atoms with Gasteiger partial charge in [-0.2, -0.15) is 0 Å². The van der Waals surface area contributed by atoms with Gasteiger partial charge in [0.15, 0.2) is 0 Å². The van der Waals surface area contributed by atoms with Gasteiger partial charge < -0.3 is 15.6 Å². The summed E-state index contributed by atoms with van der Waals surface area (Å²) < 4.78 is 40.8. The number of rotatable bonds is 4. The van der Waals surface area contributed by atoms with Gasteiger partial charge in [0.1, 0.15) is 5.75 Å². The summed E-state index contributed by atoms with van der Waals surface area (Å²) in [6, 6.07) is 5.19. The van der Waals surface area contributed by atoms with Crippen LogP contribution in [0.4, 0.5) is 13.2 Å². The van der Waals surface area contributed by atoms with E-state index in [-0.39, 0.29) is 23.4 Å². The molecule has 0 radical (unpaired) electrons. The highest BCUT2D eigenvalue weighted by Gasteiger charge is 2.33. The van der Waals surface area contributed by atoms with E-state index in [2.05, 4.69) is 4.74 Å². The van der Waals surface area contributed by atoms with E-state index in [1.54, 1.807) is 6.07 Å². The summed E-state index contributed by atoms with van der Waals surface area (Å²) in [6.07, 6.45) is -5.74. The first-order valence-electron chi connectivity index (χ1n) is 6.29. The Morgan fingerprint density at radius 1 is 1.20 bits per heavy atom. The van der Waals surface area contributed by atoms with Gasteiger partial charge in [-0.1, -0.05) is 39.0 Å². The van der Waals surface area contributed by atoms with Crippen LogP contribution in [0.2, 0.25) is 0 Å². The average molecular weight is 291 g/mol. The van der Waals surface area contributed by atoms with Crippen molar-refractivity contribution < 1.29 is 23.0 Å². The highest BCUT2D eigenvalue weighted by Crippen LogP contribution is 2.34. The van der Waals surface area contributed by atoms with Crippen molar-refractivity contribution in [3.05, 3.63) is 29.8 Å². The predicted molar refractivity (Wildman–Crippen MR) is 70.1 cm³/mol. The third-order valence-corrected chi connectivity index (χ3v) is 3.09. The molecule has 20 heavy (non-hydrogen) atoms. The molecule has 0 amide bonds. The van der Waals surface area contributed by atoms with Crippen molar-refractivity contribution >= 4 is 0 Å². The van der Waals surface area contributed by atoms with E-state index in [1.165, 1.54) is 18.2 Å². The van der Waals surface area contributed by atoms with Gasteiger partial charge in [-0.05, 0) is 17.9 Å². The summed E-state index contributed by atoms with van der Waals surface area (Å²) in [4.78, 5) is 0. The quantitative estimate of drug-likeness (QED) is 0.894. The molecule has 0 aliphatic carbocycles. The van der Waals surface area contributed by atoms with Crippen LogP contribution in [0, 0.1) is 5.41 Å². The van der Waals surface area contributed by atoms with Gasteiger partial charge in [0.25, 0.3) is 0 Å². The zero-order valence-electron chi connectivity index (χ0n) is 11.7. The number of hydrogen-bond acceptors (Lipinski definition) is 3. The van der Waals surface area contributed by atoms with Crippen LogP contribution in [-0.2, 0) is 0 Å². The minimum absolute atomic E-state index is 0.0875. The average Bonchev–Trinajstić information content (AvgIpc) is 2.25. The van der Waals surface area contributed by atoms with Crippen LogP contribution in [0.15, 0.2) is 24.3 Å². The second-order valence-electron chi connectivity index (χ2n) is 5.81. The number of aliphatic hydroxyl groups is 1. The summed E-state index contributed by atoms with van der Waals surface area (Å²) in [5.41, 5.74) is 5.78. The Bertz CT molecular complexity index is 441. The second-order valence-corrected chi connectivity index (χ2v) is 5.81. The van der Waals surface area contributed by atoms with Crippen LogP contribution >= 0.6 is 0 Å². The lowest BCUT2D eigenvalue weighted by Crippen LogP contribution is -2.36. The second kappa shape index (κ2) is 6.01. The largest absolute Gasteiger partial charge is 0.573 e. The van der Waals surface area contributed by atoms with Crippen LogP contribution in [0.1, 0.15) is 38.9 Å². The zero-order chi connectivity index (χ0) is 15.6. The fourth-order valence-electron chi connectivity index (χ4n) is 1.69. The Hall–Kier alpha value is -1.27. The molecule has 1 rings (SSSR count). The topological polar surface area (TPSA) is 55.5 Å². The van der Waals surface area contributed by atoms with E-state index in [0.717, 1.165) is 0 Å². The molecular weight excluding hydrogens is 271 g/mol. The van der Waals surface area contributed by atoms with E-state index in [1.807, 2.05) is 20.8 Å². The van der Waals surface area contributed by atoms with E-state index in [4.69, 9.17) is 5.73 Å². The minimum Gasteiger partial charge on any atom is -0.405 e. The van der Waals surface area contributed by atoms with Crippen molar-refractivity contribution in [3.63, 3.8) is 0 Å². The van der Waals surface area contributed by atoms with Crippen LogP contribution in [-0.4, -0.2) is 17.5 Å². The molecule has 0 saturated carbocycles. The monoisotopic (exact) mass is 291 g/mol. The molecule has 0 saturated heterocycles. The van der Waals surface area contributed by atoms with E-state index in [9.17, 15) is 18.3 Å². The molecule has 6 heteroatoms. The van der Waals surface area contributed by atoms with Gasteiger partial charge in [0.2, 0.25) is 0 Å². The van der Waals surface area contributed by atoms with Crippen LogP contribution in [0.3, 0.4) is 0 Å². The van der Waals surface area contributed by atoms with Crippen molar-refractivity contribution in [1.82, 2.24) is 0 Å². The zero-order valence-corrected chi connectivity index (χ0v) is 11.7. The number of ether oxygens (including phenoxy) is 1. The van der Waals surface area contributed by atoms with E-state index >= 15 is 0 Å². The molecule has 3 nitrogen and oxygen atoms in total. The van der Waals surface area contributed by atoms with Crippen molar-refractivity contribution in [2.75, 3.05) is 0 Å². The first-order valence-corrected chi connectivity index (χ1v) is 6.29. The molecule has 2 atom stereocenters. The maximum Gasteiger partial charge on any atom is 0.573 e. The number of benzene rings is 1. The van der Waals surface area contributed by atoms with Crippen molar-refractivity contribution in [1.29, 1.82) is 0 Å². The number of para-hydroxylation sites is 1. The van der Waals surface area contributed by atoms with Crippen molar-refractivity contribution in [3.8, 4) is 5.75 Å². The van der Waals surface area contributed by atoms with Crippen LogP contribution < -0.4 is 10.5 Å². The van der Waals surface area contributed by atoms with Crippen molar-refractivity contribution in [2.45, 2.75) is 45.7 Å². The summed E-state index contributed by atoms with van der Waals surface area (Å²) >= 11 is 0. The molecule has 114 valence electrons. The minimum atomic E-state index is -4.79. The summed E-state index contributed by atoms with van der Waals surface area (Å²) in [6.45, 7) is 5.72. The predicted octanol–water partition coefficient (Wildman–Crippen LogP) is 3.38. The summed E-state index contributed by atoms with van der Waals surface area (Å²) in [5, 5.41) is 10.1. The Kier molecular flexibility index (Phi) is 5.05. The summed E-state index contributed by atoms with van der Waals surface area (Å²) in [7, 11) is 0. The Morgan fingerprint density at radius 2 is 1.75 bits per heavy atom. The Labute approximate surface area is 116 Å². The number of nitrogens with two attached hydrogens (primary N) is 1. The van der Waals surface area contributed by atoms with Crippen molar-refractivity contribution in [2.24, 2.45) is 11.1 Å². The third-order valence-electron chi connectivity index (χ3n) is 3.09. The van der Waals surface area contributed by atoms with E-state index in [0.29, 0.717) is 0 Å². The Balaban J connectivity index is 2.90. The molecule has 1 aromatic rings. The standard InChI is InChI=1S/C14H20F3NO2/c1-13(2,3)12(18)8-10(19)9-6-4-5-7-11(9)20-14(15,16)17/h4-7,10,12,19H,8,18H2,1-3H3/t10-,12+/m1/s1. The molecule has 0 aromatic heterocycles. The molecule has 0 aliphatic heterocycles. The van der Waals surface area contributed by atoms with Crippen LogP contribution in [0.5, 0.6) is 5.75 Å². The lowest BCUT2D eigenvalue weighted by molar-refractivity contribution is -0.275. The fraction of sp³-hybridized carbons (Fsp3) is 0.571. The molecule has 0 aliphatic rings. The van der Waals surface area contributed by atoms with Crippen LogP contribution in [0.25, 0.3) is 0 Å². The van der Waals surface area contributed by atoms with Gasteiger partial charge in [-0.25, -0.2) is 0 Å². The highest BCUT2D eigenvalue weighted by molar-refractivity contribution is 5.35. The van der Waals surface area contributed by atoms with Gasteiger partial charge >= 0.3 is 6.36 Å². The first-order chi connectivity index (χ1) is 9.00. The Morgan fingerprint density at radius 3 is 2.25 bits per heavy atom. The lowest BCUT2D eigenvalue weighted by Gasteiger charge is -2.29. The number of halogens is 3. The molecule has 0 spiro atoms. The number of aliphatic hydroxyl groups excluding tert-OH is 1. The molecule has 1 aromatic carbocycles. The van der Waals surface area contributed by atoms with Gasteiger partial charge in [0.05, 0.1) is 6.10 Å². The molecule has 0 bridgehead atoms. The SMILES string of the molecule is CC(C)(C)[C@@H](N)C[C@@H](O)c1ccccc1OC(F)(F)F. The van der Waals surface area contributed by atoms with Gasteiger partial charge in [-0.15, -0.1) is 13.2 Å². The molecule has 0 fully saturated rings. The maximum atomic E-state index is 12.3. The number of hydrogen-bond donors (Lipinski definition) is 2.